The summed E-state index contributed by atoms with van der Waals surface area (Å²) in [4.78, 5) is 0. The molecule has 285 valence electrons. The molecule has 4 aromatic rings. The van der Waals surface area contributed by atoms with E-state index in [4.69, 9.17) is 9.47 Å². The van der Waals surface area contributed by atoms with Crippen LogP contribution in [0.3, 0.4) is 0 Å². The molecule has 0 aromatic heterocycles. The van der Waals surface area contributed by atoms with E-state index in [0.29, 0.717) is 33.1 Å². The number of rotatable bonds is 6. The molecular weight excluding hydrogens is 712 g/mol. The first-order valence-electron chi connectivity index (χ1n) is 19.0. The average Bonchev–Trinajstić information content (AvgIpc) is 3.88. The van der Waals surface area contributed by atoms with Crippen molar-refractivity contribution in [2.24, 2.45) is 10.8 Å². The van der Waals surface area contributed by atoms with Crippen LogP contribution in [0.2, 0.25) is 0 Å². The largest absolute Gasteiger partial charge is 2.00 e. The summed E-state index contributed by atoms with van der Waals surface area (Å²) >= 11 is 0. The van der Waals surface area contributed by atoms with Crippen molar-refractivity contribution in [2.75, 3.05) is 0 Å². The summed E-state index contributed by atoms with van der Waals surface area (Å²) in [6, 6.07) is 37.8. The number of allylic oxidation sites excluding steroid dienone is 4. The van der Waals surface area contributed by atoms with Crippen LogP contribution in [-0.2, 0) is 42.4 Å². The predicted octanol–water partition coefficient (Wildman–Crippen LogP) is 10.9. The van der Waals surface area contributed by atoms with E-state index in [1.54, 1.807) is 11.1 Å². The van der Waals surface area contributed by atoms with Gasteiger partial charge in [-0.3, -0.25) is 0 Å². The maximum Gasteiger partial charge on any atom is 2.00 e. The summed E-state index contributed by atoms with van der Waals surface area (Å²) in [5, 5.41) is 25.2. The summed E-state index contributed by atoms with van der Waals surface area (Å²) in [6.07, 6.45) is 16.0. The molecule has 4 aromatic carbocycles. The Balaban J connectivity index is 0.000000277. The monoisotopic (exact) mass is 770 g/mol. The van der Waals surface area contributed by atoms with Crippen molar-refractivity contribution in [1.82, 2.24) is 0 Å². The van der Waals surface area contributed by atoms with E-state index in [2.05, 4.69) is 60.1 Å². The molecule has 0 spiro atoms. The zero-order chi connectivity index (χ0) is 39.0. The van der Waals surface area contributed by atoms with Crippen LogP contribution < -0.4 is 0 Å². The fraction of sp³-hybridized carbons (Fsp3) is 0.320. The molecule has 5 heteroatoms. The Bertz CT molecular complexity index is 1580. The van der Waals surface area contributed by atoms with Gasteiger partial charge < -0.3 is 19.7 Å². The molecule has 1 aliphatic heterocycles. The summed E-state index contributed by atoms with van der Waals surface area (Å²) < 4.78 is 13.0. The number of hydrogen-bond donors (Lipinski definition) is 2. The molecule has 2 N–H and O–H groups in total. The zero-order valence-electron chi connectivity index (χ0n) is 33.7. The molecule has 2 fully saturated rings. The Labute approximate surface area is 347 Å². The molecule has 1 saturated carbocycles. The minimum Gasteiger partial charge on any atom is -0.378 e. The first-order chi connectivity index (χ1) is 25.6. The Morgan fingerprint density at radius 1 is 0.491 bits per heavy atom. The van der Waals surface area contributed by atoms with Crippen molar-refractivity contribution in [2.45, 2.75) is 91.0 Å². The molecule has 1 heterocycles. The van der Waals surface area contributed by atoms with Crippen LogP contribution >= 0.6 is 0 Å². The van der Waals surface area contributed by atoms with Gasteiger partial charge in [0.2, 0.25) is 0 Å². The third-order valence-electron chi connectivity index (χ3n) is 10.2. The Hall–Kier alpha value is -3.22. The Kier molecular flexibility index (Phi) is 15.2. The van der Waals surface area contributed by atoms with Gasteiger partial charge >= 0.3 is 21.7 Å². The third-order valence-corrected chi connectivity index (χ3v) is 10.2. The van der Waals surface area contributed by atoms with Gasteiger partial charge in [-0.05, 0) is 68.2 Å². The van der Waals surface area contributed by atoms with Gasteiger partial charge in [0.1, 0.15) is 23.4 Å². The van der Waals surface area contributed by atoms with Gasteiger partial charge in [0.25, 0.3) is 0 Å². The number of aliphatic hydroxyl groups is 2. The van der Waals surface area contributed by atoms with E-state index >= 15 is 0 Å². The molecule has 55 heavy (non-hydrogen) atoms. The summed E-state index contributed by atoms with van der Waals surface area (Å²) in [5.74, 6) is -1.05. The van der Waals surface area contributed by atoms with Crippen LogP contribution in [0.5, 0.6) is 0 Å². The zero-order valence-corrected chi connectivity index (χ0v) is 35.3. The SMILES string of the molecule is CC(C)(C)C1=C[CH-]C=C(C(C)(C)C)C1.CC1(C)O[C@@H](C(O)(c2ccccc2)c2ccccc2)[C@H](C(O)(c2ccccc2)c2ccccc2)O1.[CH]1[CH][CH][CH][CH]1.[Ti+2]. The van der Waals surface area contributed by atoms with Gasteiger partial charge in [-0.25, -0.2) is 0 Å². The first kappa shape index (κ1) is 44.5. The second-order valence-electron chi connectivity index (χ2n) is 16.7. The molecule has 0 amide bonds. The quantitative estimate of drug-likeness (QED) is 0.151. The van der Waals surface area contributed by atoms with Crippen molar-refractivity contribution >= 4 is 0 Å². The molecule has 2 atom stereocenters. The molecule has 3 aliphatic rings. The van der Waals surface area contributed by atoms with Gasteiger partial charge in [-0.15, -0.1) is 0 Å². The standard InChI is InChI=1S/C31H30O4.C14H23.C5H5.Ti/c1-29(2)34-27(30(32,23-15-7-3-8-16-23)24-17-9-4-10-18-24)28(35-29)31(33,25-19-11-5-12-20-25)26-21-13-6-14-22-26;1-13(2,3)11-8-7-9-12(10-11)14(4,5)6;1-2-4-5-3-1;/h3-22,27-28,32-33H,1-2H3;7-9H,10H2,1-6H3;1-5H;/q;-1;;+2/t27-,28-;;;/m1.../s1. The molecule has 0 unspecified atom stereocenters. The maximum atomic E-state index is 12.6. The topological polar surface area (TPSA) is 58.9 Å². The molecule has 4 nitrogen and oxygen atoms in total. The van der Waals surface area contributed by atoms with E-state index in [1.165, 1.54) is 0 Å². The minimum atomic E-state index is -1.60. The second-order valence-corrected chi connectivity index (χ2v) is 16.7. The van der Waals surface area contributed by atoms with Gasteiger partial charge in [0, 0.05) is 0 Å². The normalized spacial score (nSPS) is 19.6. The average molecular weight is 771 g/mol. The molecule has 0 bridgehead atoms. The molecule has 1 saturated heterocycles. The van der Waals surface area contributed by atoms with Crippen LogP contribution in [0.25, 0.3) is 0 Å². The van der Waals surface area contributed by atoms with Gasteiger partial charge in [0.05, 0.1) is 0 Å². The summed E-state index contributed by atoms with van der Waals surface area (Å²) in [5.41, 5.74) is 3.14. The van der Waals surface area contributed by atoms with Gasteiger partial charge in [-0.1, -0.05) is 180 Å². The van der Waals surface area contributed by atoms with Crippen molar-refractivity contribution in [3.63, 3.8) is 0 Å². The Morgan fingerprint density at radius 3 is 0.982 bits per heavy atom. The van der Waals surface area contributed by atoms with Gasteiger partial charge in [-0.2, -0.15) is 29.7 Å². The van der Waals surface area contributed by atoms with Crippen molar-refractivity contribution in [1.29, 1.82) is 0 Å². The van der Waals surface area contributed by atoms with E-state index in [1.807, 2.05) is 167 Å². The van der Waals surface area contributed by atoms with E-state index in [9.17, 15) is 10.2 Å². The third kappa shape index (κ3) is 10.8. The van der Waals surface area contributed by atoms with Crippen molar-refractivity contribution in [3.8, 4) is 0 Å². The first-order valence-corrected chi connectivity index (χ1v) is 19.0. The number of ether oxygens (including phenoxy) is 2. The number of benzene rings is 4. The van der Waals surface area contributed by atoms with Crippen LogP contribution in [0.4, 0.5) is 0 Å². The summed E-state index contributed by atoms with van der Waals surface area (Å²) in [7, 11) is 0. The second kappa shape index (κ2) is 18.8. The molecular formula is C50H58O4Ti+. The van der Waals surface area contributed by atoms with Crippen LogP contribution in [0.1, 0.15) is 84.1 Å². The van der Waals surface area contributed by atoms with E-state index in [-0.39, 0.29) is 21.7 Å². The molecule has 5 radical (unpaired) electrons. The predicted molar refractivity (Wildman–Crippen MR) is 221 cm³/mol. The maximum absolute atomic E-state index is 12.6. The van der Waals surface area contributed by atoms with E-state index in [0.717, 1.165) is 6.42 Å². The molecule has 7 rings (SSSR count). The van der Waals surface area contributed by atoms with Crippen LogP contribution in [0, 0.1) is 49.4 Å². The fourth-order valence-electron chi connectivity index (χ4n) is 7.09. The van der Waals surface area contributed by atoms with Crippen molar-refractivity contribution < 1.29 is 41.4 Å². The number of hydrogen-bond acceptors (Lipinski definition) is 4. The van der Waals surface area contributed by atoms with Gasteiger partial charge in [0.15, 0.2) is 5.79 Å². The van der Waals surface area contributed by atoms with Crippen LogP contribution in [-0.4, -0.2) is 28.2 Å². The minimum absolute atomic E-state index is 0. The smallest absolute Gasteiger partial charge is 0.378 e. The fourth-order valence-corrected chi connectivity index (χ4v) is 7.09. The molecule has 2 aliphatic carbocycles. The Morgan fingerprint density at radius 2 is 0.745 bits per heavy atom. The van der Waals surface area contributed by atoms with Crippen molar-refractivity contribution in [3.05, 3.63) is 205 Å². The van der Waals surface area contributed by atoms with E-state index < -0.39 is 29.2 Å². The van der Waals surface area contributed by atoms with Crippen LogP contribution in [0.15, 0.2) is 145 Å². The summed E-state index contributed by atoms with van der Waals surface area (Å²) in [6.45, 7) is 17.4.